The van der Waals surface area contributed by atoms with Gasteiger partial charge in [0.15, 0.2) is 0 Å². The molecule has 0 bridgehead atoms. The van der Waals surface area contributed by atoms with Crippen LogP contribution in [0.15, 0.2) is 121 Å². The van der Waals surface area contributed by atoms with Crippen molar-refractivity contribution in [3.05, 3.63) is 121 Å². The van der Waals surface area contributed by atoms with Crippen molar-refractivity contribution in [1.82, 2.24) is 0 Å². The van der Waals surface area contributed by atoms with Gasteiger partial charge in [-0.2, -0.15) is 0 Å². The molecule has 148 valence electrons. The summed E-state index contributed by atoms with van der Waals surface area (Å²) in [4.78, 5) is 0. The van der Waals surface area contributed by atoms with Gasteiger partial charge in [-0.05, 0) is 89.3 Å². The molecule has 0 unspecified atom stereocenters. The zero-order valence-corrected chi connectivity index (χ0v) is 17.5. The average molecular weight is 405 g/mol. The van der Waals surface area contributed by atoms with E-state index < -0.39 is 0 Å². The Balaban J connectivity index is 1.57. The molecule has 0 N–H and O–H groups in total. The Morgan fingerprint density at radius 1 is 0.281 bits per heavy atom. The molecule has 7 aromatic carbocycles. The Labute approximate surface area is 186 Å². The van der Waals surface area contributed by atoms with Crippen molar-refractivity contribution in [1.29, 1.82) is 0 Å². The summed E-state index contributed by atoms with van der Waals surface area (Å²) >= 11 is 0. The van der Waals surface area contributed by atoms with Gasteiger partial charge in [-0.15, -0.1) is 0 Å². The maximum absolute atomic E-state index is 2.38. The summed E-state index contributed by atoms with van der Waals surface area (Å²) in [5.74, 6) is 0. The van der Waals surface area contributed by atoms with E-state index in [1.807, 2.05) is 0 Å². The van der Waals surface area contributed by atoms with Crippen LogP contribution in [0.1, 0.15) is 0 Å². The summed E-state index contributed by atoms with van der Waals surface area (Å²) in [5.41, 5.74) is 2.55. The van der Waals surface area contributed by atoms with Crippen molar-refractivity contribution < 1.29 is 0 Å². The molecule has 0 aliphatic heterocycles. The molecule has 0 aliphatic carbocycles. The number of hydrogen-bond acceptors (Lipinski definition) is 0. The molecule has 0 heteroatoms. The molecule has 0 radical (unpaired) electrons. The number of benzene rings is 7. The lowest BCUT2D eigenvalue weighted by Gasteiger charge is -2.13. The van der Waals surface area contributed by atoms with Gasteiger partial charge in [0.25, 0.3) is 0 Å². The van der Waals surface area contributed by atoms with Crippen LogP contribution in [0.25, 0.3) is 65.0 Å². The second-order valence-electron chi connectivity index (χ2n) is 8.61. The Morgan fingerprint density at radius 2 is 0.844 bits per heavy atom. The minimum absolute atomic E-state index is 1.26. The standard InChI is InChI=1S/C32H20/c1-2-8-23-18-32-25(17-22(23)7-1)15-13-21-14-16-26(20-30(21)32)31-19-24-9-3-4-10-27(24)28-11-5-6-12-29(28)31/h1-20H. The highest BCUT2D eigenvalue weighted by Crippen LogP contribution is 2.37. The number of hydrogen-bond donors (Lipinski definition) is 0. The Kier molecular flexibility index (Phi) is 3.65. The van der Waals surface area contributed by atoms with Crippen LogP contribution < -0.4 is 0 Å². The van der Waals surface area contributed by atoms with Crippen molar-refractivity contribution in [2.45, 2.75) is 0 Å². The van der Waals surface area contributed by atoms with Gasteiger partial charge in [-0.3, -0.25) is 0 Å². The van der Waals surface area contributed by atoms with Crippen LogP contribution in [-0.4, -0.2) is 0 Å². The van der Waals surface area contributed by atoms with Crippen molar-refractivity contribution in [2.24, 2.45) is 0 Å². The van der Waals surface area contributed by atoms with E-state index in [0.29, 0.717) is 0 Å². The fraction of sp³-hybridized carbons (Fsp3) is 0. The van der Waals surface area contributed by atoms with Crippen LogP contribution in [0.4, 0.5) is 0 Å². The molecule has 0 aliphatic rings. The smallest absolute Gasteiger partial charge is 0.00988 e. The lowest BCUT2D eigenvalue weighted by Crippen LogP contribution is -1.86. The van der Waals surface area contributed by atoms with Gasteiger partial charge in [0.05, 0.1) is 0 Å². The third kappa shape index (κ3) is 2.57. The first-order chi connectivity index (χ1) is 15.8. The minimum Gasteiger partial charge on any atom is -0.0616 e. The fourth-order valence-corrected chi connectivity index (χ4v) is 5.20. The van der Waals surface area contributed by atoms with Crippen LogP contribution in [0, 0.1) is 0 Å². The van der Waals surface area contributed by atoms with Gasteiger partial charge in [-0.1, -0.05) is 97.1 Å². The predicted molar refractivity (Wildman–Crippen MR) is 139 cm³/mol. The van der Waals surface area contributed by atoms with E-state index in [1.54, 1.807) is 0 Å². The summed E-state index contributed by atoms with van der Waals surface area (Å²) in [7, 11) is 0. The van der Waals surface area contributed by atoms with E-state index in [4.69, 9.17) is 0 Å². The highest BCUT2D eigenvalue weighted by atomic mass is 14.1. The molecule has 0 fully saturated rings. The first-order valence-corrected chi connectivity index (χ1v) is 11.1. The molecule has 0 heterocycles. The second-order valence-corrected chi connectivity index (χ2v) is 8.61. The highest BCUT2D eigenvalue weighted by molar-refractivity contribution is 6.16. The van der Waals surface area contributed by atoms with Crippen LogP contribution in [-0.2, 0) is 0 Å². The summed E-state index contributed by atoms with van der Waals surface area (Å²) in [5, 5.41) is 13.0. The topological polar surface area (TPSA) is 0 Å². The quantitative estimate of drug-likeness (QED) is 0.189. The van der Waals surface area contributed by atoms with E-state index in [9.17, 15) is 0 Å². The summed E-state index contributed by atoms with van der Waals surface area (Å²) < 4.78 is 0. The molecule has 7 aromatic rings. The Morgan fingerprint density at radius 3 is 1.69 bits per heavy atom. The Hall–Kier alpha value is -4.16. The molecular weight excluding hydrogens is 384 g/mol. The normalized spacial score (nSPS) is 11.8. The van der Waals surface area contributed by atoms with Gasteiger partial charge in [-0.25, -0.2) is 0 Å². The van der Waals surface area contributed by atoms with Crippen LogP contribution in [0.2, 0.25) is 0 Å². The summed E-state index contributed by atoms with van der Waals surface area (Å²) in [6.07, 6.45) is 0. The molecule has 32 heavy (non-hydrogen) atoms. The molecule has 0 nitrogen and oxygen atoms in total. The molecule has 0 saturated carbocycles. The molecule has 0 spiro atoms. The number of rotatable bonds is 1. The maximum atomic E-state index is 2.38. The zero-order valence-electron chi connectivity index (χ0n) is 17.5. The van der Waals surface area contributed by atoms with Crippen molar-refractivity contribution in [3.63, 3.8) is 0 Å². The second kappa shape index (κ2) is 6.67. The SMILES string of the molecule is c1ccc2cc3c(ccc4ccc(-c5cc6ccccc6c6ccccc56)cc43)cc2c1. The van der Waals surface area contributed by atoms with Gasteiger partial charge in [0.1, 0.15) is 0 Å². The van der Waals surface area contributed by atoms with Crippen molar-refractivity contribution >= 4 is 53.9 Å². The van der Waals surface area contributed by atoms with E-state index in [1.165, 1.54) is 65.0 Å². The van der Waals surface area contributed by atoms with Gasteiger partial charge < -0.3 is 0 Å². The van der Waals surface area contributed by atoms with Crippen LogP contribution in [0.3, 0.4) is 0 Å². The van der Waals surface area contributed by atoms with Crippen LogP contribution >= 0.6 is 0 Å². The Bertz CT molecular complexity index is 1820. The predicted octanol–water partition coefficient (Wildman–Crippen LogP) is 9.12. The van der Waals surface area contributed by atoms with E-state index in [-0.39, 0.29) is 0 Å². The first kappa shape index (κ1) is 17.5. The van der Waals surface area contributed by atoms with Gasteiger partial charge in [0.2, 0.25) is 0 Å². The van der Waals surface area contributed by atoms with Gasteiger partial charge in [0, 0.05) is 0 Å². The maximum Gasteiger partial charge on any atom is -0.00988 e. The highest BCUT2D eigenvalue weighted by Gasteiger charge is 2.10. The molecule has 7 rings (SSSR count). The number of fused-ring (bicyclic) bond motifs is 7. The molecule has 0 atom stereocenters. The molecule has 0 amide bonds. The van der Waals surface area contributed by atoms with Crippen molar-refractivity contribution in [2.75, 3.05) is 0 Å². The average Bonchev–Trinajstić information content (AvgIpc) is 2.86. The van der Waals surface area contributed by atoms with E-state index >= 15 is 0 Å². The fourth-order valence-electron chi connectivity index (χ4n) is 5.20. The van der Waals surface area contributed by atoms with E-state index in [2.05, 4.69) is 121 Å². The largest absolute Gasteiger partial charge is 0.0616 e. The van der Waals surface area contributed by atoms with E-state index in [0.717, 1.165) is 0 Å². The lowest BCUT2D eigenvalue weighted by molar-refractivity contribution is 1.71. The molecular formula is C32H20. The third-order valence-electron chi connectivity index (χ3n) is 6.78. The van der Waals surface area contributed by atoms with Crippen LogP contribution in [0.5, 0.6) is 0 Å². The third-order valence-corrected chi connectivity index (χ3v) is 6.78. The molecule has 0 aromatic heterocycles. The minimum atomic E-state index is 1.26. The summed E-state index contributed by atoms with van der Waals surface area (Å²) in [6, 6.07) is 44.5. The zero-order chi connectivity index (χ0) is 21.1. The van der Waals surface area contributed by atoms with Gasteiger partial charge >= 0.3 is 0 Å². The monoisotopic (exact) mass is 404 g/mol. The molecule has 0 saturated heterocycles. The summed E-state index contributed by atoms with van der Waals surface area (Å²) in [6.45, 7) is 0. The lowest BCUT2D eigenvalue weighted by atomic mass is 9.91. The van der Waals surface area contributed by atoms with Crippen molar-refractivity contribution in [3.8, 4) is 11.1 Å². The first-order valence-electron chi connectivity index (χ1n) is 11.1.